The Morgan fingerprint density at radius 1 is 1.25 bits per heavy atom. The van der Waals surface area contributed by atoms with Gasteiger partial charge in [0, 0.05) is 21.4 Å². The first kappa shape index (κ1) is 14.8. The van der Waals surface area contributed by atoms with Gasteiger partial charge in [0.25, 0.3) is 0 Å². The molecule has 0 spiro atoms. The van der Waals surface area contributed by atoms with E-state index in [9.17, 15) is 0 Å². The van der Waals surface area contributed by atoms with Gasteiger partial charge in [0.15, 0.2) is 0 Å². The molecule has 0 saturated carbocycles. The maximum absolute atomic E-state index is 5.79. The van der Waals surface area contributed by atoms with Gasteiger partial charge in [0.05, 0.1) is 7.11 Å². The van der Waals surface area contributed by atoms with Crippen LogP contribution in [0.3, 0.4) is 0 Å². The van der Waals surface area contributed by atoms with Gasteiger partial charge < -0.3 is 15.8 Å². The van der Waals surface area contributed by atoms with E-state index in [1.807, 2.05) is 43.3 Å². The molecule has 0 unspecified atom stereocenters. The molecule has 0 atom stereocenters. The monoisotopic (exact) mass is 350 g/mol. The summed E-state index contributed by atoms with van der Waals surface area (Å²) in [6.45, 7) is 2.02. The van der Waals surface area contributed by atoms with Gasteiger partial charge in [-0.3, -0.25) is 0 Å². The summed E-state index contributed by atoms with van der Waals surface area (Å²) in [5, 5.41) is 3.36. The van der Waals surface area contributed by atoms with Gasteiger partial charge in [-0.25, -0.2) is 0 Å². The number of halogens is 1. The average molecular weight is 351 g/mol. The van der Waals surface area contributed by atoms with E-state index in [1.54, 1.807) is 7.11 Å². The highest BCUT2D eigenvalue weighted by molar-refractivity contribution is 9.10. The summed E-state index contributed by atoms with van der Waals surface area (Å²) in [6, 6.07) is 11.7. The third-order valence-corrected chi connectivity index (χ3v) is 3.83. The van der Waals surface area contributed by atoms with Crippen LogP contribution in [0.4, 0.5) is 11.4 Å². The van der Waals surface area contributed by atoms with E-state index in [-0.39, 0.29) is 0 Å². The van der Waals surface area contributed by atoms with E-state index in [0.717, 1.165) is 32.7 Å². The number of hydrogen-bond donors (Lipinski definition) is 2. The summed E-state index contributed by atoms with van der Waals surface area (Å²) in [7, 11) is 1.65. The zero-order chi connectivity index (χ0) is 14.7. The number of thiocarbonyl (C=S) groups is 1. The van der Waals surface area contributed by atoms with Crippen LogP contribution in [0.5, 0.6) is 5.75 Å². The highest BCUT2D eigenvalue weighted by Crippen LogP contribution is 2.30. The van der Waals surface area contributed by atoms with Crippen LogP contribution in [0.25, 0.3) is 0 Å². The second-order valence-corrected chi connectivity index (χ2v) is 5.63. The van der Waals surface area contributed by atoms with Crippen molar-refractivity contribution in [2.24, 2.45) is 5.73 Å². The first-order valence-corrected chi connectivity index (χ1v) is 7.23. The molecule has 0 radical (unpaired) electrons. The van der Waals surface area contributed by atoms with Gasteiger partial charge in [-0.05, 0) is 58.7 Å². The Hall–Kier alpha value is -1.59. The second kappa shape index (κ2) is 6.24. The molecule has 2 rings (SSSR count). The molecule has 0 aliphatic carbocycles. The smallest absolute Gasteiger partial charge is 0.119 e. The average Bonchev–Trinajstić information content (AvgIpc) is 2.40. The van der Waals surface area contributed by atoms with Crippen molar-refractivity contribution in [2.45, 2.75) is 6.92 Å². The molecule has 3 nitrogen and oxygen atoms in total. The zero-order valence-electron chi connectivity index (χ0n) is 11.2. The van der Waals surface area contributed by atoms with Crippen molar-refractivity contribution in [3.8, 4) is 5.75 Å². The minimum Gasteiger partial charge on any atom is -0.497 e. The Kier molecular flexibility index (Phi) is 4.62. The van der Waals surface area contributed by atoms with E-state index in [2.05, 4.69) is 21.2 Å². The minimum atomic E-state index is 0.353. The molecular formula is C15H15BrN2OS. The Bertz CT molecular complexity index is 658. The van der Waals surface area contributed by atoms with Crippen molar-refractivity contribution in [1.82, 2.24) is 0 Å². The van der Waals surface area contributed by atoms with Crippen molar-refractivity contribution in [3.05, 3.63) is 52.0 Å². The highest BCUT2D eigenvalue weighted by atomic mass is 79.9. The Labute approximate surface area is 132 Å². The van der Waals surface area contributed by atoms with E-state index in [0.29, 0.717) is 4.99 Å². The summed E-state index contributed by atoms with van der Waals surface area (Å²) in [4.78, 5) is 0.353. The molecule has 3 N–H and O–H groups in total. The second-order valence-electron chi connectivity index (χ2n) is 4.33. The van der Waals surface area contributed by atoms with Gasteiger partial charge in [-0.15, -0.1) is 0 Å². The lowest BCUT2D eigenvalue weighted by Gasteiger charge is -2.15. The zero-order valence-corrected chi connectivity index (χ0v) is 13.6. The molecule has 0 aliphatic rings. The SMILES string of the molecule is COc1ccc(Nc2cccc(Br)c2C(N)=S)c(C)c1. The molecule has 0 amide bonds. The lowest BCUT2D eigenvalue weighted by atomic mass is 10.1. The number of ether oxygens (including phenoxy) is 1. The van der Waals surface area contributed by atoms with E-state index >= 15 is 0 Å². The van der Waals surface area contributed by atoms with Gasteiger partial charge in [0.2, 0.25) is 0 Å². The third kappa shape index (κ3) is 3.11. The molecule has 2 aromatic carbocycles. The Morgan fingerprint density at radius 3 is 2.60 bits per heavy atom. The van der Waals surface area contributed by atoms with Crippen molar-refractivity contribution in [3.63, 3.8) is 0 Å². The van der Waals surface area contributed by atoms with Crippen LogP contribution in [-0.4, -0.2) is 12.1 Å². The molecule has 5 heteroatoms. The summed E-state index contributed by atoms with van der Waals surface area (Å²) < 4.78 is 6.08. The molecule has 0 aliphatic heterocycles. The number of anilines is 2. The predicted molar refractivity (Wildman–Crippen MR) is 91.0 cm³/mol. The van der Waals surface area contributed by atoms with Crippen molar-refractivity contribution in [1.29, 1.82) is 0 Å². The summed E-state index contributed by atoms with van der Waals surface area (Å²) in [5.41, 5.74) is 9.54. The summed E-state index contributed by atoms with van der Waals surface area (Å²) in [5.74, 6) is 0.830. The molecule has 20 heavy (non-hydrogen) atoms. The number of nitrogens with one attached hydrogen (secondary N) is 1. The van der Waals surface area contributed by atoms with Crippen LogP contribution in [0.1, 0.15) is 11.1 Å². The third-order valence-electron chi connectivity index (χ3n) is 2.96. The Morgan fingerprint density at radius 2 is 2.00 bits per heavy atom. The van der Waals surface area contributed by atoms with Gasteiger partial charge in [-0.2, -0.15) is 0 Å². The largest absolute Gasteiger partial charge is 0.497 e. The number of methoxy groups -OCH3 is 1. The highest BCUT2D eigenvalue weighted by Gasteiger charge is 2.10. The van der Waals surface area contributed by atoms with Crippen LogP contribution >= 0.6 is 28.1 Å². The normalized spacial score (nSPS) is 10.2. The molecular weight excluding hydrogens is 336 g/mol. The lowest BCUT2D eigenvalue weighted by Crippen LogP contribution is -2.13. The fraction of sp³-hybridized carbons (Fsp3) is 0.133. The molecule has 0 heterocycles. The fourth-order valence-electron chi connectivity index (χ4n) is 1.93. The van der Waals surface area contributed by atoms with E-state index < -0.39 is 0 Å². The lowest BCUT2D eigenvalue weighted by molar-refractivity contribution is 0.414. The predicted octanol–water partition coefficient (Wildman–Crippen LogP) is 4.14. The summed E-state index contributed by atoms with van der Waals surface area (Å²) >= 11 is 8.59. The molecule has 0 saturated heterocycles. The summed E-state index contributed by atoms with van der Waals surface area (Å²) in [6.07, 6.45) is 0. The van der Waals surface area contributed by atoms with Crippen LogP contribution in [0, 0.1) is 6.92 Å². The number of nitrogens with two attached hydrogens (primary N) is 1. The first-order chi connectivity index (χ1) is 9.52. The van der Waals surface area contributed by atoms with Gasteiger partial charge >= 0.3 is 0 Å². The number of aryl methyl sites for hydroxylation is 1. The van der Waals surface area contributed by atoms with Crippen LogP contribution in [0.2, 0.25) is 0 Å². The van der Waals surface area contributed by atoms with Gasteiger partial charge in [-0.1, -0.05) is 18.3 Å². The topological polar surface area (TPSA) is 47.3 Å². The van der Waals surface area contributed by atoms with Gasteiger partial charge in [0.1, 0.15) is 10.7 Å². The number of rotatable bonds is 4. The van der Waals surface area contributed by atoms with Crippen LogP contribution < -0.4 is 15.8 Å². The number of hydrogen-bond acceptors (Lipinski definition) is 3. The molecule has 0 bridgehead atoms. The van der Waals surface area contributed by atoms with E-state index in [1.165, 1.54) is 0 Å². The standard InChI is InChI=1S/C15H15BrN2OS/c1-9-8-10(19-2)6-7-12(9)18-13-5-3-4-11(16)14(13)15(17)20/h3-8,18H,1-2H3,(H2,17,20). The fourth-order valence-corrected chi connectivity index (χ4v) is 2.86. The van der Waals surface area contributed by atoms with Crippen LogP contribution in [-0.2, 0) is 0 Å². The molecule has 104 valence electrons. The van der Waals surface area contributed by atoms with Crippen molar-refractivity contribution >= 4 is 44.5 Å². The first-order valence-electron chi connectivity index (χ1n) is 6.03. The Balaban J connectivity index is 2.40. The molecule has 0 aromatic heterocycles. The quantitative estimate of drug-likeness (QED) is 0.813. The minimum absolute atomic E-state index is 0.353. The van der Waals surface area contributed by atoms with Crippen molar-refractivity contribution in [2.75, 3.05) is 12.4 Å². The molecule has 2 aromatic rings. The van der Waals surface area contributed by atoms with E-state index in [4.69, 9.17) is 22.7 Å². The maximum Gasteiger partial charge on any atom is 0.119 e. The number of benzene rings is 2. The molecule has 0 fully saturated rings. The van der Waals surface area contributed by atoms with Crippen molar-refractivity contribution < 1.29 is 4.74 Å². The van der Waals surface area contributed by atoms with Crippen LogP contribution in [0.15, 0.2) is 40.9 Å². The maximum atomic E-state index is 5.79.